The van der Waals surface area contributed by atoms with Crippen molar-refractivity contribution in [3.05, 3.63) is 23.7 Å². The molecule has 16 heavy (non-hydrogen) atoms. The molecule has 0 amide bonds. The Hall–Kier alpha value is -0.960. The smallest absolute Gasteiger partial charge is 0.145 e. The fourth-order valence-corrected chi connectivity index (χ4v) is 3.89. The van der Waals surface area contributed by atoms with Gasteiger partial charge in [0.25, 0.3) is 0 Å². The summed E-state index contributed by atoms with van der Waals surface area (Å²) in [7, 11) is 0. The van der Waals surface area contributed by atoms with Crippen LogP contribution in [0.2, 0.25) is 0 Å². The molecule has 4 aliphatic rings. The number of rotatable bonds is 0. The Morgan fingerprint density at radius 3 is 3.19 bits per heavy atom. The van der Waals surface area contributed by atoms with Gasteiger partial charge in [-0.2, -0.15) is 5.48 Å². The highest BCUT2D eigenvalue weighted by Gasteiger charge is 2.47. The van der Waals surface area contributed by atoms with E-state index in [1.165, 1.54) is 32.1 Å². The maximum Gasteiger partial charge on any atom is 0.145 e. The van der Waals surface area contributed by atoms with Crippen LogP contribution in [0.5, 0.6) is 0 Å². The van der Waals surface area contributed by atoms with E-state index >= 15 is 0 Å². The topological polar surface area (TPSA) is 24.5 Å². The molecule has 0 aromatic rings. The van der Waals surface area contributed by atoms with Crippen molar-refractivity contribution in [3.8, 4) is 0 Å². The molecule has 1 saturated carbocycles. The molecule has 0 spiro atoms. The molecule has 1 aliphatic carbocycles. The van der Waals surface area contributed by atoms with E-state index in [0.29, 0.717) is 12.0 Å². The summed E-state index contributed by atoms with van der Waals surface area (Å²) in [6.07, 6.45) is 11.3. The van der Waals surface area contributed by atoms with Gasteiger partial charge in [0.2, 0.25) is 0 Å². The molecular weight excluding hydrogens is 200 g/mol. The van der Waals surface area contributed by atoms with Crippen molar-refractivity contribution in [2.45, 2.75) is 38.1 Å². The molecule has 3 nitrogen and oxygen atoms in total. The normalized spacial score (nSPS) is 40.5. The summed E-state index contributed by atoms with van der Waals surface area (Å²) < 4.78 is 0. The average molecular weight is 218 g/mol. The lowest BCUT2D eigenvalue weighted by molar-refractivity contribution is 0.0385. The number of hydrogen-bond donors (Lipinski definition) is 1. The van der Waals surface area contributed by atoms with Crippen LogP contribution in [0.25, 0.3) is 0 Å². The first-order chi connectivity index (χ1) is 7.93. The van der Waals surface area contributed by atoms with Gasteiger partial charge in [-0.1, -0.05) is 6.42 Å². The zero-order valence-electron chi connectivity index (χ0n) is 9.48. The third-order valence-electron chi connectivity index (χ3n) is 4.58. The molecule has 3 aliphatic heterocycles. The third kappa shape index (κ3) is 1.12. The molecule has 3 heteroatoms. The van der Waals surface area contributed by atoms with Gasteiger partial charge in [-0.3, -0.25) is 0 Å². The van der Waals surface area contributed by atoms with Gasteiger partial charge in [0.05, 0.1) is 0 Å². The molecule has 1 N–H and O–H groups in total. The van der Waals surface area contributed by atoms with Gasteiger partial charge >= 0.3 is 0 Å². The maximum absolute atomic E-state index is 5.56. The predicted octanol–water partition coefficient (Wildman–Crippen LogP) is 2.14. The van der Waals surface area contributed by atoms with Crippen molar-refractivity contribution < 1.29 is 4.84 Å². The lowest BCUT2D eigenvalue weighted by Crippen LogP contribution is -2.38. The van der Waals surface area contributed by atoms with Gasteiger partial charge in [0.15, 0.2) is 0 Å². The summed E-state index contributed by atoms with van der Waals surface area (Å²) in [6, 6.07) is 0.687. The zero-order valence-corrected chi connectivity index (χ0v) is 9.48. The Morgan fingerprint density at radius 2 is 2.19 bits per heavy atom. The van der Waals surface area contributed by atoms with E-state index in [-0.39, 0.29) is 0 Å². The summed E-state index contributed by atoms with van der Waals surface area (Å²) in [5.74, 6) is 2.62. The van der Waals surface area contributed by atoms with E-state index in [1.54, 1.807) is 5.57 Å². The first-order valence-corrected chi connectivity index (χ1v) is 6.53. The molecule has 86 valence electrons. The number of hydroxylamine groups is 1. The molecule has 0 aromatic carbocycles. The van der Waals surface area contributed by atoms with E-state index in [1.807, 2.05) is 0 Å². The standard InChI is InChI=1S/C13H18N2O/c1-2-4-10-9(3-1)7-15-8-12-11(13(10)15)5-6-14-16-12/h7-8,10-11,13-14H,1-6H2. The number of nitrogens with one attached hydrogen (secondary N) is 1. The van der Waals surface area contributed by atoms with Gasteiger partial charge in [-0.15, -0.1) is 0 Å². The Morgan fingerprint density at radius 1 is 1.19 bits per heavy atom. The minimum Gasteiger partial charge on any atom is -0.411 e. The van der Waals surface area contributed by atoms with Crippen LogP contribution >= 0.6 is 0 Å². The monoisotopic (exact) mass is 218 g/mol. The van der Waals surface area contributed by atoms with E-state index in [2.05, 4.69) is 22.8 Å². The van der Waals surface area contributed by atoms with Crippen LogP contribution in [0.4, 0.5) is 0 Å². The first kappa shape index (κ1) is 9.11. The van der Waals surface area contributed by atoms with Gasteiger partial charge in [0.1, 0.15) is 5.76 Å². The van der Waals surface area contributed by atoms with Gasteiger partial charge in [0, 0.05) is 36.8 Å². The van der Waals surface area contributed by atoms with E-state index in [0.717, 1.165) is 18.2 Å². The largest absolute Gasteiger partial charge is 0.411 e. The van der Waals surface area contributed by atoms with Crippen LogP contribution in [0.3, 0.4) is 0 Å². The van der Waals surface area contributed by atoms with Crippen LogP contribution in [0.1, 0.15) is 32.1 Å². The van der Waals surface area contributed by atoms with Crippen LogP contribution in [0.15, 0.2) is 23.7 Å². The second-order valence-electron chi connectivity index (χ2n) is 5.42. The minimum absolute atomic E-state index is 0.637. The fraction of sp³-hybridized carbons (Fsp3) is 0.692. The second kappa shape index (κ2) is 3.27. The molecular formula is C13H18N2O. The predicted molar refractivity (Wildman–Crippen MR) is 60.9 cm³/mol. The lowest BCUT2D eigenvalue weighted by atomic mass is 9.77. The molecule has 3 heterocycles. The summed E-state index contributed by atoms with van der Waals surface area (Å²) in [6.45, 7) is 0.994. The van der Waals surface area contributed by atoms with Gasteiger partial charge in [-0.05, 0) is 31.3 Å². The van der Waals surface area contributed by atoms with Crippen molar-refractivity contribution >= 4 is 0 Å². The molecule has 2 fully saturated rings. The van der Waals surface area contributed by atoms with Gasteiger partial charge in [-0.25, -0.2) is 0 Å². The summed E-state index contributed by atoms with van der Waals surface area (Å²) in [5, 5.41) is 0. The van der Waals surface area contributed by atoms with Crippen molar-refractivity contribution in [1.82, 2.24) is 10.4 Å². The van der Waals surface area contributed by atoms with E-state index < -0.39 is 0 Å². The Labute approximate surface area is 96.1 Å². The average Bonchev–Trinajstić information content (AvgIpc) is 2.83. The van der Waals surface area contributed by atoms with Crippen molar-refractivity contribution in [2.24, 2.45) is 11.8 Å². The van der Waals surface area contributed by atoms with Crippen LogP contribution < -0.4 is 5.48 Å². The fourth-order valence-electron chi connectivity index (χ4n) is 3.89. The molecule has 3 unspecified atom stereocenters. The number of nitrogens with zero attached hydrogens (tertiary/aromatic N) is 1. The Balaban J connectivity index is 1.68. The molecule has 4 rings (SSSR count). The minimum atomic E-state index is 0.637. The molecule has 3 atom stereocenters. The number of hydrogen-bond acceptors (Lipinski definition) is 3. The third-order valence-corrected chi connectivity index (χ3v) is 4.58. The highest BCUT2D eigenvalue weighted by Crippen LogP contribution is 2.48. The highest BCUT2D eigenvalue weighted by molar-refractivity contribution is 5.29. The SMILES string of the molecule is C1=C2CCCCC2C2C3CCNOC3=CN12. The lowest BCUT2D eigenvalue weighted by Gasteiger charge is -2.33. The van der Waals surface area contributed by atoms with Crippen molar-refractivity contribution in [3.63, 3.8) is 0 Å². The molecule has 0 aromatic heterocycles. The van der Waals surface area contributed by atoms with Gasteiger partial charge < -0.3 is 9.74 Å². The number of fused-ring (bicyclic) bond motifs is 5. The molecule has 0 radical (unpaired) electrons. The van der Waals surface area contributed by atoms with Crippen LogP contribution in [-0.2, 0) is 4.84 Å². The summed E-state index contributed by atoms with van der Waals surface area (Å²) in [4.78, 5) is 7.99. The van der Waals surface area contributed by atoms with Crippen molar-refractivity contribution in [2.75, 3.05) is 6.54 Å². The highest BCUT2D eigenvalue weighted by atomic mass is 16.7. The first-order valence-electron chi connectivity index (χ1n) is 6.53. The van der Waals surface area contributed by atoms with E-state index in [9.17, 15) is 0 Å². The maximum atomic E-state index is 5.56. The summed E-state index contributed by atoms with van der Waals surface area (Å²) in [5.41, 5.74) is 4.70. The summed E-state index contributed by atoms with van der Waals surface area (Å²) >= 11 is 0. The van der Waals surface area contributed by atoms with Crippen molar-refractivity contribution in [1.29, 1.82) is 0 Å². The Kier molecular flexibility index (Phi) is 1.86. The van der Waals surface area contributed by atoms with E-state index in [4.69, 9.17) is 4.84 Å². The molecule has 0 bridgehead atoms. The van der Waals surface area contributed by atoms with Crippen LogP contribution in [0, 0.1) is 11.8 Å². The molecule has 1 saturated heterocycles. The second-order valence-corrected chi connectivity index (χ2v) is 5.42. The van der Waals surface area contributed by atoms with Crippen LogP contribution in [-0.4, -0.2) is 17.5 Å². The Bertz CT molecular complexity index is 340. The zero-order chi connectivity index (χ0) is 10.5. The quantitative estimate of drug-likeness (QED) is 0.674.